The Balaban J connectivity index is 2.02. The van der Waals surface area contributed by atoms with E-state index in [1.807, 2.05) is 6.92 Å². The third-order valence-electron chi connectivity index (χ3n) is 3.35. The molecule has 1 aliphatic rings. The molecule has 1 unspecified atom stereocenters. The molecule has 3 N–H and O–H groups in total. The largest absolute Gasteiger partial charge is 0.393 e. The highest BCUT2D eigenvalue weighted by molar-refractivity contribution is 7.89. The monoisotopic (exact) mass is 312 g/mol. The molecule has 0 spiro atoms. The van der Waals surface area contributed by atoms with E-state index in [4.69, 9.17) is 18.0 Å². The smallest absolute Gasteiger partial charge is 0.240 e. The molecule has 4 nitrogen and oxygen atoms in total. The minimum absolute atomic E-state index is 0.0243. The second-order valence-corrected chi connectivity index (χ2v) is 7.73. The van der Waals surface area contributed by atoms with Crippen molar-refractivity contribution in [3.05, 3.63) is 29.8 Å². The Labute approximate surface area is 125 Å². The maximum absolute atomic E-state index is 12.2. The van der Waals surface area contributed by atoms with Crippen LogP contribution in [0.25, 0.3) is 0 Å². The van der Waals surface area contributed by atoms with Crippen molar-refractivity contribution in [2.24, 2.45) is 11.7 Å². The first-order valence-corrected chi connectivity index (χ1v) is 8.65. The molecular weight excluding hydrogens is 292 g/mol. The number of hydrogen-bond acceptors (Lipinski definition) is 3. The highest BCUT2D eigenvalue weighted by Crippen LogP contribution is 2.33. The van der Waals surface area contributed by atoms with Gasteiger partial charge in [-0.1, -0.05) is 37.2 Å². The molecule has 0 heterocycles. The fourth-order valence-electron chi connectivity index (χ4n) is 2.22. The Bertz CT molecular complexity index is 578. The van der Waals surface area contributed by atoms with Crippen molar-refractivity contribution in [3.63, 3.8) is 0 Å². The lowest BCUT2D eigenvalue weighted by molar-refractivity contribution is 0.530. The molecule has 0 aromatic heterocycles. The number of benzene rings is 1. The topological polar surface area (TPSA) is 72.2 Å². The minimum atomic E-state index is -3.44. The average Bonchev–Trinajstić information content (AvgIpc) is 3.11. The zero-order valence-corrected chi connectivity index (χ0v) is 13.1. The fourth-order valence-corrected chi connectivity index (χ4v) is 3.65. The molecule has 20 heavy (non-hydrogen) atoms. The molecule has 6 heteroatoms. The van der Waals surface area contributed by atoms with Crippen molar-refractivity contribution in [2.45, 2.75) is 43.5 Å². The molecule has 1 aliphatic carbocycles. The summed E-state index contributed by atoms with van der Waals surface area (Å²) in [6.45, 7) is 1.91. The molecule has 0 saturated heterocycles. The number of nitrogens with two attached hydrogens (primary N) is 1. The minimum Gasteiger partial charge on any atom is -0.393 e. The molecule has 1 atom stereocenters. The molecule has 0 aliphatic heterocycles. The summed E-state index contributed by atoms with van der Waals surface area (Å²) >= 11 is 4.83. The zero-order chi connectivity index (χ0) is 14.8. The van der Waals surface area contributed by atoms with E-state index in [-0.39, 0.29) is 10.9 Å². The standard InChI is InChI=1S/C14H20N2O2S2/c1-10(8-11-2-3-11)16-20(17,18)13-6-4-12(5-7-13)9-14(15)19/h4-7,10-11,16H,2-3,8-9H2,1H3,(H2,15,19). The maximum Gasteiger partial charge on any atom is 0.240 e. The molecule has 1 saturated carbocycles. The average molecular weight is 312 g/mol. The van der Waals surface area contributed by atoms with Crippen LogP contribution >= 0.6 is 12.2 Å². The lowest BCUT2D eigenvalue weighted by Gasteiger charge is -2.14. The van der Waals surface area contributed by atoms with Gasteiger partial charge in [0.05, 0.1) is 9.88 Å². The van der Waals surface area contributed by atoms with Crippen LogP contribution in [0, 0.1) is 5.92 Å². The molecule has 110 valence electrons. The second-order valence-electron chi connectivity index (χ2n) is 5.49. The van der Waals surface area contributed by atoms with Crippen LogP contribution in [0.1, 0.15) is 31.7 Å². The van der Waals surface area contributed by atoms with Crippen LogP contribution < -0.4 is 10.5 Å². The van der Waals surface area contributed by atoms with Gasteiger partial charge in [0.25, 0.3) is 0 Å². The van der Waals surface area contributed by atoms with Gasteiger partial charge in [-0.2, -0.15) is 0 Å². The van der Waals surface area contributed by atoms with Gasteiger partial charge in [0.1, 0.15) is 0 Å². The molecule has 1 fully saturated rings. The van der Waals surface area contributed by atoms with E-state index in [9.17, 15) is 8.42 Å². The summed E-state index contributed by atoms with van der Waals surface area (Å²) in [5.74, 6) is 0.695. The van der Waals surface area contributed by atoms with E-state index in [0.29, 0.717) is 17.3 Å². The van der Waals surface area contributed by atoms with Crippen LogP contribution in [-0.4, -0.2) is 19.4 Å². The van der Waals surface area contributed by atoms with Gasteiger partial charge in [-0.15, -0.1) is 0 Å². The van der Waals surface area contributed by atoms with E-state index in [1.54, 1.807) is 24.3 Å². The Morgan fingerprint density at radius 3 is 2.50 bits per heavy atom. The number of thiocarbonyl (C=S) groups is 1. The summed E-state index contributed by atoms with van der Waals surface area (Å²) in [7, 11) is -3.44. The van der Waals surface area contributed by atoms with E-state index in [2.05, 4.69) is 4.72 Å². The Hall–Kier alpha value is -0.980. The van der Waals surface area contributed by atoms with Crippen LogP contribution in [-0.2, 0) is 16.4 Å². The lowest BCUT2D eigenvalue weighted by Crippen LogP contribution is -2.32. The second kappa shape index (κ2) is 6.20. The van der Waals surface area contributed by atoms with Crippen LogP contribution in [0.4, 0.5) is 0 Å². The molecule has 1 aromatic carbocycles. The SMILES string of the molecule is CC(CC1CC1)NS(=O)(=O)c1ccc(CC(N)=S)cc1. The van der Waals surface area contributed by atoms with Crippen molar-refractivity contribution < 1.29 is 8.42 Å². The quantitative estimate of drug-likeness (QED) is 0.755. The lowest BCUT2D eigenvalue weighted by atomic mass is 10.1. The van der Waals surface area contributed by atoms with Gasteiger partial charge in [-0.3, -0.25) is 0 Å². The summed E-state index contributed by atoms with van der Waals surface area (Å²) in [5.41, 5.74) is 6.39. The van der Waals surface area contributed by atoms with E-state index >= 15 is 0 Å². The molecular formula is C14H20N2O2S2. The van der Waals surface area contributed by atoms with Gasteiger partial charge in [-0.25, -0.2) is 13.1 Å². The maximum atomic E-state index is 12.2. The normalized spacial score (nSPS) is 16.9. The summed E-state index contributed by atoms with van der Waals surface area (Å²) in [5, 5.41) is 0. The van der Waals surface area contributed by atoms with Crippen molar-refractivity contribution >= 4 is 27.2 Å². The first-order valence-electron chi connectivity index (χ1n) is 6.76. The van der Waals surface area contributed by atoms with Crippen molar-refractivity contribution in [1.82, 2.24) is 4.72 Å². The van der Waals surface area contributed by atoms with Gasteiger partial charge in [-0.05, 0) is 37.0 Å². The van der Waals surface area contributed by atoms with Crippen molar-refractivity contribution in [3.8, 4) is 0 Å². The van der Waals surface area contributed by atoms with Crippen LogP contribution in [0.15, 0.2) is 29.2 Å². The molecule has 0 radical (unpaired) electrons. The van der Waals surface area contributed by atoms with Gasteiger partial charge in [0.2, 0.25) is 10.0 Å². The van der Waals surface area contributed by atoms with E-state index < -0.39 is 10.0 Å². The Morgan fingerprint density at radius 2 is 2.00 bits per heavy atom. The predicted octanol–water partition coefficient (Wildman–Crippen LogP) is 1.98. The van der Waals surface area contributed by atoms with Gasteiger partial charge in [0.15, 0.2) is 0 Å². The molecule has 2 rings (SSSR count). The fraction of sp³-hybridized carbons (Fsp3) is 0.500. The predicted molar refractivity (Wildman–Crippen MR) is 84.1 cm³/mol. The highest BCUT2D eigenvalue weighted by atomic mass is 32.2. The summed E-state index contributed by atoms with van der Waals surface area (Å²) in [6, 6.07) is 6.67. The van der Waals surface area contributed by atoms with E-state index in [0.717, 1.165) is 12.0 Å². The molecule has 0 bridgehead atoms. The van der Waals surface area contributed by atoms with Crippen LogP contribution in [0.2, 0.25) is 0 Å². The summed E-state index contributed by atoms with van der Waals surface area (Å²) < 4.78 is 27.2. The van der Waals surface area contributed by atoms with Crippen molar-refractivity contribution in [1.29, 1.82) is 0 Å². The zero-order valence-electron chi connectivity index (χ0n) is 11.5. The van der Waals surface area contributed by atoms with Crippen molar-refractivity contribution in [2.75, 3.05) is 0 Å². The first-order chi connectivity index (χ1) is 9.37. The first kappa shape index (κ1) is 15.4. The number of rotatable bonds is 7. The van der Waals surface area contributed by atoms with Crippen LogP contribution in [0.5, 0.6) is 0 Å². The third-order valence-corrected chi connectivity index (χ3v) is 5.10. The third kappa shape index (κ3) is 4.54. The van der Waals surface area contributed by atoms with Gasteiger partial charge >= 0.3 is 0 Å². The Morgan fingerprint density at radius 1 is 1.40 bits per heavy atom. The molecule has 0 amide bonds. The molecule has 1 aromatic rings. The van der Waals surface area contributed by atoms with Gasteiger partial charge < -0.3 is 5.73 Å². The van der Waals surface area contributed by atoms with Gasteiger partial charge in [0, 0.05) is 12.5 Å². The Kier molecular flexibility index (Phi) is 4.78. The number of hydrogen-bond donors (Lipinski definition) is 2. The number of sulfonamides is 1. The highest BCUT2D eigenvalue weighted by Gasteiger charge is 2.26. The summed E-state index contributed by atoms with van der Waals surface area (Å²) in [6.07, 6.45) is 3.85. The summed E-state index contributed by atoms with van der Waals surface area (Å²) in [4.78, 5) is 0.684. The number of nitrogens with one attached hydrogen (secondary N) is 1. The van der Waals surface area contributed by atoms with Crippen LogP contribution in [0.3, 0.4) is 0 Å². The van der Waals surface area contributed by atoms with E-state index in [1.165, 1.54) is 12.8 Å².